The van der Waals surface area contributed by atoms with Crippen LogP contribution < -0.4 is 0 Å². The summed E-state index contributed by atoms with van der Waals surface area (Å²) in [5, 5.41) is 54.4. The number of aliphatic hydroxyl groups excluding tert-OH is 5. The van der Waals surface area contributed by atoms with E-state index in [1.54, 1.807) is 0 Å². The quantitative estimate of drug-likeness (QED) is 0.259. The van der Waals surface area contributed by atoms with Gasteiger partial charge in [-0.1, -0.05) is 27.7 Å². The maximum Gasteiger partial charge on any atom is 0.303 e. The molecule has 0 bridgehead atoms. The Morgan fingerprint density at radius 1 is 0.792 bits per heavy atom. The van der Waals surface area contributed by atoms with Crippen molar-refractivity contribution in [2.24, 2.45) is 52.3 Å². The van der Waals surface area contributed by atoms with Gasteiger partial charge in [-0.2, -0.15) is 0 Å². The molecule has 8 rings (SSSR count). The standard InChI is InChI=1S/C40H64O13/c1-18-9-12-40(48-16-18)19(2)30-27(53-40)15-26-24-8-7-22-13-23(42)14-29(39(22,6)25(24)10-11-38(26,30)5)51-36-34(46)35(28(17-47-36)50-21(4)41)52-37-33(45)32(44)31(43)20(3)49-37/h18-20,22-37,42-46H,7-17H2,1-6H3/t18-,19+,20+,22+,23-,24-,25+,26-,27+,28+,29-,30+,31+,32-,33-,34-,35+,36+,37+,38+,39+,40-/m1/s1. The molecule has 53 heavy (non-hydrogen) atoms. The van der Waals surface area contributed by atoms with Gasteiger partial charge in [0.1, 0.15) is 30.5 Å². The Labute approximate surface area is 313 Å². The molecule has 5 N–H and O–H groups in total. The highest BCUT2D eigenvalue weighted by molar-refractivity contribution is 5.66. The molecule has 22 atom stereocenters. The number of esters is 1. The summed E-state index contributed by atoms with van der Waals surface area (Å²) in [6.07, 6.45) is -3.99. The van der Waals surface area contributed by atoms with E-state index in [1.807, 2.05) is 0 Å². The normalized spacial score (nSPS) is 58.0. The SMILES string of the molecule is CC(=O)O[C@H]1CO[C@@H](O[C@@H]2C[C@H](O)C[C@@H]3CC[C@H]4[C@H]5C[C@@H]6O[C@]7(CC[C@@H](C)CO7)[C@@H](C)[C@@H]6[C@@]5(C)CC[C@@H]4[C@]32C)[C@H](O)[C@H]1O[C@@H]1O[C@@H](C)[C@H](O)[C@@H](O)[C@H]1O. The summed E-state index contributed by atoms with van der Waals surface area (Å²) in [5.74, 6) is 1.89. The fraction of sp³-hybridized carbons (Fsp3) is 0.975. The largest absolute Gasteiger partial charge is 0.457 e. The first-order chi connectivity index (χ1) is 25.1. The fourth-order valence-electron chi connectivity index (χ4n) is 13.3. The van der Waals surface area contributed by atoms with E-state index < -0.39 is 79.3 Å². The summed E-state index contributed by atoms with van der Waals surface area (Å²) in [6, 6.07) is 0. The predicted octanol–water partition coefficient (Wildman–Crippen LogP) is 2.65. The number of carbonyl (C=O) groups is 1. The number of aliphatic hydroxyl groups is 5. The zero-order chi connectivity index (χ0) is 37.8. The monoisotopic (exact) mass is 752 g/mol. The Morgan fingerprint density at radius 3 is 2.28 bits per heavy atom. The Hall–Kier alpha value is -0.970. The Balaban J connectivity index is 1.01. The molecule has 0 aromatic carbocycles. The van der Waals surface area contributed by atoms with Gasteiger partial charge in [0, 0.05) is 25.7 Å². The number of hydrogen-bond acceptors (Lipinski definition) is 13. The van der Waals surface area contributed by atoms with E-state index in [9.17, 15) is 30.3 Å². The van der Waals surface area contributed by atoms with Gasteiger partial charge in [0.05, 0.1) is 37.6 Å². The molecule has 4 aliphatic carbocycles. The average molecular weight is 753 g/mol. The lowest BCUT2D eigenvalue weighted by molar-refractivity contribution is -0.356. The molecule has 8 aliphatic rings. The summed E-state index contributed by atoms with van der Waals surface area (Å²) in [7, 11) is 0. The van der Waals surface area contributed by atoms with Crippen LogP contribution in [0.2, 0.25) is 0 Å². The van der Waals surface area contributed by atoms with Crippen LogP contribution >= 0.6 is 0 Å². The Morgan fingerprint density at radius 2 is 1.57 bits per heavy atom. The van der Waals surface area contributed by atoms with E-state index in [4.69, 9.17) is 33.2 Å². The van der Waals surface area contributed by atoms with Gasteiger partial charge >= 0.3 is 5.97 Å². The van der Waals surface area contributed by atoms with Crippen LogP contribution in [0.1, 0.15) is 99.3 Å². The summed E-state index contributed by atoms with van der Waals surface area (Å²) >= 11 is 0. The minimum absolute atomic E-state index is 0.150. The maximum absolute atomic E-state index is 12.1. The molecular formula is C40H64O13. The molecule has 1 spiro atoms. The van der Waals surface area contributed by atoms with Crippen LogP contribution in [0.15, 0.2) is 0 Å². The highest BCUT2D eigenvalue weighted by Gasteiger charge is 2.70. The first-order valence-electron chi connectivity index (χ1n) is 20.5. The third-order valence-electron chi connectivity index (χ3n) is 16.1. The minimum atomic E-state index is -1.62. The van der Waals surface area contributed by atoms with Gasteiger partial charge in [-0.05, 0) is 98.2 Å². The van der Waals surface area contributed by atoms with Crippen molar-refractivity contribution < 1.29 is 63.5 Å². The Kier molecular flexibility index (Phi) is 10.4. The van der Waals surface area contributed by atoms with Crippen molar-refractivity contribution in [1.82, 2.24) is 0 Å². The maximum atomic E-state index is 12.1. The molecule has 302 valence electrons. The second-order valence-electron chi connectivity index (χ2n) is 18.9. The zero-order valence-electron chi connectivity index (χ0n) is 32.2. The van der Waals surface area contributed by atoms with Crippen molar-refractivity contribution in [2.45, 2.75) is 179 Å². The lowest BCUT2D eigenvalue weighted by atomic mass is 9.43. The van der Waals surface area contributed by atoms with Crippen LogP contribution in [-0.2, 0) is 38.0 Å². The fourth-order valence-corrected chi connectivity index (χ4v) is 13.3. The number of rotatable bonds is 5. The highest BCUT2D eigenvalue weighted by Crippen LogP contribution is 2.71. The van der Waals surface area contributed by atoms with Gasteiger partial charge < -0.3 is 58.7 Å². The molecule has 4 saturated carbocycles. The molecule has 8 fully saturated rings. The molecule has 0 radical (unpaired) electrons. The molecule has 0 aromatic rings. The number of carbonyl (C=O) groups excluding carboxylic acids is 1. The lowest BCUT2D eigenvalue weighted by Gasteiger charge is -2.63. The van der Waals surface area contributed by atoms with Crippen molar-refractivity contribution in [3.8, 4) is 0 Å². The van der Waals surface area contributed by atoms with Crippen molar-refractivity contribution in [3.63, 3.8) is 0 Å². The number of fused-ring (bicyclic) bond motifs is 7. The Bertz CT molecular complexity index is 1340. The molecule has 13 heteroatoms. The smallest absolute Gasteiger partial charge is 0.303 e. The van der Waals surface area contributed by atoms with E-state index in [0.29, 0.717) is 48.3 Å². The van der Waals surface area contributed by atoms with Crippen LogP contribution in [0, 0.1) is 52.3 Å². The van der Waals surface area contributed by atoms with E-state index in [0.717, 1.165) is 51.6 Å². The molecule has 0 aromatic heterocycles. The third-order valence-corrected chi connectivity index (χ3v) is 16.1. The van der Waals surface area contributed by atoms with Crippen molar-refractivity contribution in [1.29, 1.82) is 0 Å². The van der Waals surface area contributed by atoms with Gasteiger partial charge in [0.2, 0.25) is 0 Å². The van der Waals surface area contributed by atoms with E-state index in [-0.39, 0.29) is 29.5 Å². The van der Waals surface area contributed by atoms with Gasteiger partial charge in [0.25, 0.3) is 0 Å². The average Bonchev–Trinajstić information content (AvgIpc) is 3.56. The van der Waals surface area contributed by atoms with E-state index >= 15 is 0 Å². The second-order valence-corrected chi connectivity index (χ2v) is 18.9. The van der Waals surface area contributed by atoms with Crippen LogP contribution in [0.5, 0.6) is 0 Å². The molecule has 0 amide bonds. The van der Waals surface area contributed by atoms with Crippen LogP contribution in [-0.4, -0.2) is 124 Å². The van der Waals surface area contributed by atoms with Gasteiger partial charge in [-0.15, -0.1) is 0 Å². The first-order valence-corrected chi connectivity index (χ1v) is 20.5. The zero-order valence-corrected chi connectivity index (χ0v) is 32.2. The molecule has 4 heterocycles. The summed E-state index contributed by atoms with van der Waals surface area (Å²) in [5.41, 5.74) is -0.136. The predicted molar refractivity (Wildman–Crippen MR) is 187 cm³/mol. The molecular weight excluding hydrogens is 688 g/mol. The van der Waals surface area contributed by atoms with Crippen molar-refractivity contribution in [3.05, 3.63) is 0 Å². The topological polar surface area (TPSA) is 183 Å². The first kappa shape index (κ1) is 38.9. The van der Waals surface area contributed by atoms with E-state index in [1.165, 1.54) is 13.8 Å². The van der Waals surface area contributed by atoms with Crippen molar-refractivity contribution >= 4 is 5.97 Å². The van der Waals surface area contributed by atoms with Gasteiger partial charge in [-0.3, -0.25) is 4.79 Å². The van der Waals surface area contributed by atoms with Gasteiger partial charge in [-0.25, -0.2) is 0 Å². The summed E-state index contributed by atoms with van der Waals surface area (Å²) in [4.78, 5) is 12.1. The van der Waals surface area contributed by atoms with Crippen LogP contribution in [0.25, 0.3) is 0 Å². The van der Waals surface area contributed by atoms with Crippen LogP contribution in [0.4, 0.5) is 0 Å². The number of ether oxygens (including phenoxy) is 7. The molecule has 13 nitrogen and oxygen atoms in total. The third kappa shape index (κ3) is 6.26. The highest BCUT2D eigenvalue weighted by atomic mass is 16.7. The minimum Gasteiger partial charge on any atom is -0.457 e. The lowest BCUT2D eigenvalue weighted by Crippen LogP contribution is -2.64. The number of hydrogen-bond donors (Lipinski definition) is 5. The van der Waals surface area contributed by atoms with E-state index in [2.05, 4.69) is 27.7 Å². The van der Waals surface area contributed by atoms with Crippen LogP contribution in [0.3, 0.4) is 0 Å². The molecule has 0 unspecified atom stereocenters. The van der Waals surface area contributed by atoms with Gasteiger partial charge in [0.15, 0.2) is 24.5 Å². The summed E-state index contributed by atoms with van der Waals surface area (Å²) in [6.45, 7) is 12.9. The molecule has 4 aliphatic heterocycles. The molecule has 4 saturated heterocycles. The second kappa shape index (κ2) is 14.1. The van der Waals surface area contributed by atoms with Crippen molar-refractivity contribution in [2.75, 3.05) is 13.2 Å². The summed E-state index contributed by atoms with van der Waals surface area (Å²) < 4.78 is 43.7.